The van der Waals surface area contributed by atoms with E-state index in [0.717, 1.165) is 12.8 Å². The van der Waals surface area contributed by atoms with Crippen LogP contribution in [0, 0.1) is 16.7 Å². The van der Waals surface area contributed by atoms with Crippen molar-refractivity contribution in [3.05, 3.63) is 0 Å². The molecule has 1 N–H and O–H groups in total. The summed E-state index contributed by atoms with van der Waals surface area (Å²) in [4.78, 5) is 0. The Morgan fingerprint density at radius 3 is 2.86 bits per heavy atom. The van der Waals surface area contributed by atoms with Crippen molar-refractivity contribution in [3.63, 3.8) is 0 Å². The largest absolute Gasteiger partial charge is 0.313 e. The van der Waals surface area contributed by atoms with Crippen molar-refractivity contribution < 1.29 is 0 Å². The fourth-order valence-corrected chi connectivity index (χ4v) is 0.283. The SMILES string of the molecule is N#CCCCC=N. The standard InChI is InChI=1S/C5H8N2/c6-4-2-1-3-5-7/h4,6H,1-3H2. The predicted molar refractivity (Wildman–Crippen MR) is 28.2 cm³/mol. The topological polar surface area (TPSA) is 47.6 Å². The monoisotopic (exact) mass is 96.1 g/mol. The van der Waals surface area contributed by atoms with E-state index in [0.29, 0.717) is 6.42 Å². The Bertz CT molecular complexity index is 80.6. The van der Waals surface area contributed by atoms with Crippen LogP contribution in [0.3, 0.4) is 0 Å². The first-order valence-corrected chi connectivity index (χ1v) is 2.27. The second kappa shape index (κ2) is 5.16. The normalized spacial score (nSPS) is 7.29. The lowest BCUT2D eigenvalue weighted by Crippen LogP contribution is -1.71. The zero-order chi connectivity index (χ0) is 5.54. The van der Waals surface area contributed by atoms with Crippen molar-refractivity contribution in [1.82, 2.24) is 0 Å². The maximum atomic E-state index is 7.97. The highest BCUT2D eigenvalue weighted by atomic mass is 14.3. The van der Waals surface area contributed by atoms with Crippen LogP contribution in [0.2, 0.25) is 0 Å². The quantitative estimate of drug-likeness (QED) is 0.418. The summed E-state index contributed by atoms with van der Waals surface area (Å²) in [6.45, 7) is 0. The molecule has 0 aliphatic rings. The minimum atomic E-state index is 0.579. The van der Waals surface area contributed by atoms with Gasteiger partial charge in [-0.2, -0.15) is 5.26 Å². The van der Waals surface area contributed by atoms with Crippen LogP contribution in [0.15, 0.2) is 0 Å². The molecule has 0 unspecified atom stereocenters. The van der Waals surface area contributed by atoms with Crippen LogP contribution in [0.25, 0.3) is 0 Å². The molecule has 0 aromatic rings. The third-order valence-electron chi connectivity index (χ3n) is 0.637. The summed E-state index contributed by atoms with van der Waals surface area (Å²) in [5.74, 6) is 0. The van der Waals surface area contributed by atoms with E-state index in [9.17, 15) is 0 Å². The van der Waals surface area contributed by atoms with Crippen LogP contribution in [0.4, 0.5) is 0 Å². The Kier molecular flexibility index (Phi) is 4.54. The van der Waals surface area contributed by atoms with Gasteiger partial charge in [-0.25, -0.2) is 0 Å². The molecule has 0 spiro atoms. The zero-order valence-electron chi connectivity index (χ0n) is 4.15. The molecule has 2 heteroatoms. The fraction of sp³-hybridized carbons (Fsp3) is 0.600. The summed E-state index contributed by atoms with van der Waals surface area (Å²) < 4.78 is 0. The van der Waals surface area contributed by atoms with E-state index in [1.807, 2.05) is 6.07 Å². The highest BCUT2D eigenvalue weighted by molar-refractivity contribution is 5.52. The first-order valence-electron chi connectivity index (χ1n) is 2.27. The van der Waals surface area contributed by atoms with Crippen LogP contribution in [-0.2, 0) is 0 Å². The van der Waals surface area contributed by atoms with Crippen molar-refractivity contribution in [2.75, 3.05) is 0 Å². The average molecular weight is 96.1 g/mol. The maximum Gasteiger partial charge on any atom is 0.0621 e. The minimum Gasteiger partial charge on any atom is -0.313 e. The number of rotatable bonds is 3. The van der Waals surface area contributed by atoms with Crippen molar-refractivity contribution in [2.45, 2.75) is 19.3 Å². The Labute approximate surface area is 43.3 Å². The van der Waals surface area contributed by atoms with E-state index in [4.69, 9.17) is 10.7 Å². The third-order valence-corrected chi connectivity index (χ3v) is 0.637. The number of hydrogen-bond donors (Lipinski definition) is 1. The van der Waals surface area contributed by atoms with Crippen molar-refractivity contribution >= 4 is 6.21 Å². The molecule has 7 heavy (non-hydrogen) atoms. The summed E-state index contributed by atoms with van der Waals surface area (Å²) in [7, 11) is 0. The summed E-state index contributed by atoms with van der Waals surface area (Å²) >= 11 is 0. The van der Waals surface area contributed by atoms with Crippen molar-refractivity contribution in [2.24, 2.45) is 0 Å². The maximum absolute atomic E-state index is 7.97. The molecular weight excluding hydrogens is 88.1 g/mol. The summed E-state index contributed by atoms with van der Waals surface area (Å²) in [5.41, 5.74) is 0. The lowest BCUT2D eigenvalue weighted by Gasteiger charge is -1.79. The van der Waals surface area contributed by atoms with Gasteiger partial charge in [0.05, 0.1) is 6.07 Å². The van der Waals surface area contributed by atoms with Gasteiger partial charge in [0.15, 0.2) is 0 Å². The molecule has 38 valence electrons. The van der Waals surface area contributed by atoms with Crippen molar-refractivity contribution in [3.8, 4) is 6.07 Å². The summed E-state index contributed by atoms with van der Waals surface area (Å²) in [5, 5.41) is 14.5. The van der Waals surface area contributed by atoms with Gasteiger partial charge in [-0.3, -0.25) is 0 Å². The molecule has 0 fully saturated rings. The van der Waals surface area contributed by atoms with Gasteiger partial charge in [-0.15, -0.1) is 0 Å². The highest BCUT2D eigenvalue weighted by Gasteiger charge is 1.77. The lowest BCUT2D eigenvalue weighted by atomic mass is 10.3. The molecule has 0 bridgehead atoms. The van der Waals surface area contributed by atoms with Gasteiger partial charge >= 0.3 is 0 Å². The molecule has 0 saturated heterocycles. The summed E-state index contributed by atoms with van der Waals surface area (Å²) in [6.07, 6.45) is 3.49. The van der Waals surface area contributed by atoms with Crippen LogP contribution in [0.1, 0.15) is 19.3 Å². The molecule has 2 nitrogen and oxygen atoms in total. The van der Waals surface area contributed by atoms with Crippen LogP contribution >= 0.6 is 0 Å². The smallest absolute Gasteiger partial charge is 0.0621 e. The van der Waals surface area contributed by atoms with Gasteiger partial charge in [-0.1, -0.05) is 0 Å². The molecule has 0 aromatic carbocycles. The first kappa shape index (κ1) is 6.16. The van der Waals surface area contributed by atoms with Gasteiger partial charge in [0, 0.05) is 6.42 Å². The Balaban J connectivity index is 2.72. The van der Waals surface area contributed by atoms with Gasteiger partial charge < -0.3 is 5.41 Å². The van der Waals surface area contributed by atoms with Gasteiger partial charge in [-0.05, 0) is 19.1 Å². The molecule has 0 aliphatic carbocycles. The Morgan fingerprint density at radius 2 is 2.43 bits per heavy atom. The molecular formula is C5H8N2. The van der Waals surface area contributed by atoms with Crippen LogP contribution in [0.5, 0.6) is 0 Å². The average Bonchev–Trinajstić information content (AvgIpc) is 1.69. The number of unbranched alkanes of at least 4 members (excludes halogenated alkanes) is 2. The highest BCUT2D eigenvalue weighted by Crippen LogP contribution is 1.87. The van der Waals surface area contributed by atoms with E-state index in [1.54, 1.807) is 0 Å². The van der Waals surface area contributed by atoms with Crippen LogP contribution in [-0.4, -0.2) is 6.21 Å². The second-order valence-corrected chi connectivity index (χ2v) is 1.25. The zero-order valence-corrected chi connectivity index (χ0v) is 4.15. The van der Waals surface area contributed by atoms with Gasteiger partial charge in [0.1, 0.15) is 0 Å². The lowest BCUT2D eigenvalue weighted by molar-refractivity contribution is 0.910. The van der Waals surface area contributed by atoms with Crippen molar-refractivity contribution in [1.29, 1.82) is 10.7 Å². The molecule has 0 radical (unpaired) electrons. The molecule has 0 aromatic heterocycles. The van der Waals surface area contributed by atoms with E-state index in [-0.39, 0.29) is 0 Å². The number of hydrogen-bond acceptors (Lipinski definition) is 2. The molecule has 0 aliphatic heterocycles. The number of nitrogens with zero attached hydrogens (tertiary/aromatic N) is 1. The van der Waals surface area contributed by atoms with E-state index >= 15 is 0 Å². The predicted octanol–water partition coefficient (Wildman–Crippen LogP) is 1.33. The number of nitrogens with one attached hydrogen (secondary N) is 1. The Morgan fingerprint density at radius 1 is 1.71 bits per heavy atom. The van der Waals surface area contributed by atoms with Gasteiger partial charge in [0.25, 0.3) is 0 Å². The fourth-order valence-electron chi connectivity index (χ4n) is 0.283. The Hall–Kier alpha value is -0.840. The molecule has 0 heterocycles. The molecule has 0 rings (SSSR count). The summed E-state index contributed by atoms with van der Waals surface area (Å²) in [6, 6.07) is 2.00. The molecule has 0 atom stereocenters. The first-order chi connectivity index (χ1) is 3.41. The van der Waals surface area contributed by atoms with E-state index < -0.39 is 0 Å². The minimum absolute atomic E-state index is 0.579. The van der Waals surface area contributed by atoms with E-state index in [1.165, 1.54) is 6.21 Å². The second-order valence-electron chi connectivity index (χ2n) is 1.25. The molecule has 0 amide bonds. The van der Waals surface area contributed by atoms with E-state index in [2.05, 4.69) is 0 Å². The van der Waals surface area contributed by atoms with Crippen LogP contribution < -0.4 is 0 Å². The van der Waals surface area contributed by atoms with Gasteiger partial charge in [0.2, 0.25) is 0 Å². The molecule has 0 saturated carbocycles. The third kappa shape index (κ3) is 5.16. The number of nitriles is 1.